The summed E-state index contributed by atoms with van der Waals surface area (Å²) in [5.74, 6) is -2.70. The Morgan fingerprint density at radius 2 is 0.612 bits per heavy atom. The Morgan fingerprint density at radius 1 is 0.358 bits per heavy atom. The van der Waals surface area contributed by atoms with Crippen molar-refractivity contribution in [3.05, 3.63) is 140 Å². The second kappa shape index (κ2) is 24.3. The molecule has 0 saturated carbocycles. The van der Waals surface area contributed by atoms with E-state index >= 15 is 0 Å². The summed E-state index contributed by atoms with van der Waals surface area (Å²) in [6.07, 6.45) is 3.88. The minimum Gasteiger partial charge on any atom is -0.303 e. The van der Waals surface area contributed by atoms with Crippen LogP contribution in [-0.4, -0.2) is 119 Å². The number of amides is 8. The van der Waals surface area contributed by atoms with Gasteiger partial charge in [-0.3, -0.25) is 58.0 Å². The van der Waals surface area contributed by atoms with E-state index < -0.39 is 0 Å². The molecule has 0 atom stereocenters. The first kappa shape index (κ1) is 53.0. The van der Waals surface area contributed by atoms with Crippen molar-refractivity contribution in [2.75, 3.05) is 46.8 Å². The lowest BCUT2D eigenvalue weighted by Gasteiger charge is -2.24. The molecule has 13 heteroatoms. The van der Waals surface area contributed by atoms with Crippen molar-refractivity contribution in [2.45, 2.75) is 101 Å². The van der Waals surface area contributed by atoms with Crippen LogP contribution in [0, 0.1) is 0 Å². The van der Waals surface area contributed by atoms with Crippen LogP contribution in [0.25, 0.3) is 0 Å². The quantitative estimate of drug-likeness (QED) is 0.106. The topological polar surface area (TPSA) is 153 Å². The minimum absolute atomic E-state index is 0.246. The van der Waals surface area contributed by atoms with E-state index in [2.05, 4.69) is 11.8 Å². The molecule has 67 heavy (non-hydrogen) atoms. The van der Waals surface area contributed by atoms with Crippen LogP contribution in [0.5, 0.6) is 0 Å². The molecule has 0 spiro atoms. The van der Waals surface area contributed by atoms with Crippen LogP contribution >= 0.6 is 0 Å². The van der Waals surface area contributed by atoms with Gasteiger partial charge in [0.25, 0.3) is 47.3 Å². The third-order valence-electron chi connectivity index (χ3n) is 11.7. The molecule has 4 heterocycles. The lowest BCUT2D eigenvalue weighted by molar-refractivity contribution is 0.0640. The molecule has 8 amide bonds. The van der Waals surface area contributed by atoms with E-state index in [9.17, 15) is 38.4 Å². The Morgan fingerprint density at radius 3 is 0.925 bits per heavy atom. The van der Waals surface area contributed by atoms with Gasteiger partial charge in [0.05, 0.1) is 44.5 Å². The van der Waals surface area contributed by atoms with Gasteiger partial charge in [-0.15, -0.1) is 0 Å². The zero-order valence-corrected chi connectivity index (χ0v) is 41.2. The fourth-order valence-corrected chi connectivity index (χ4v) is 8.43. The highest BCUT2D eigenvalue weighted by Gasteiger charge is 2.38. The average molecular weight is 914 g/mol. The lowest BCUT2D eigenvalue weighted by atomic mass is 9.98. The molecular formula is C54H67N5O8. The number of benzene rings is 4. The van der Waals surface area contributed by atoms with Crippen molar-refractivity contribution in [1.29, 1.82) is 0 Å². The van der Waals surface area contributed by atoms with Crippen LogP contribution in [0.3, 0.4) is 0 Å². The van der Waals surface area contributed by atoms with Gasteiger partial charge in [0, 0.05) is 27.2 Å². The number of carbonyl (C=O) groups is 8. The van der Waals surface area contributed by atoms with Crippen LogP contribution in [0.1, 0.15) is 193 Å². The number of fused-ring (bicyclic) bond motifs is 4. The zero-order valence-electron chi connectivity index (χ0n) is 41.2. The summed E-state index contributed by atoms with van der Waals surface area (Å²) in [5.41, 5.74) is 6.12. The van der Waals surface area contributed by atoms with E-state index in [1.165, 1.54) is 23.9 Å². The standard InChI is InChI=1S/C46H43N5O8.4C2H6/c1-4-5-16-49(17-6-19-50-43(56)33-14-10-29(25-37(33)45(50)58)21-27-8-12-31-35(23-27)41(54)47(2)39(31)52)18-7-20-51-44(57)34-15-11-30(26-38(34)46(51)59)22-28-9-13-32-36(24-28)42(55)48(3)40(32)53;4*1-2/h8-15,23-26H,4-7,16-22H2,1-3H3;4*1-2H3. The molecule has 0 aliphatic carbocycles. The zero-order chi connectivity index (χ0) is 49.7. The van der Waals surface area contributed by atoms with Gasteiger partial charge in [-0.1, -0.05) is 93.0 Å². The molecule has 0 bridgehead atoms. The predicted molar refractivity (Wildman–Crippen MR) is 261 cm³/mol. The molecule has 8 rings (SSSR count). The van der Waals surface area contributed by atoms with Gasteiger partial charge in [0.2, 0.25) is 0 Å². The van der Waals surface area contributed by atoms with Crippen LogP contribution in [0.4, 0.5) is 0 Å². The van der Waals surface area contributed by atoms with E-state index in [0.717, 1.165) is 51.4 Å². The van der Waals surface area contributed by atoms with E-state index in [4.69, 9.17) is 0 Å². The second-order valence-electron chi connectivity index (χ2n) is 15.6. The van der Waals surface area contributed by atoms with Crippen molar-refractivity contribution in [2.24, 2.45) is 0 Å². The molecule has 0 radical (unpaired) electrons. The maximum Gasteiger partial charge on any atom is 0.261 e. The first-order valence-electron chi connectivity index (χ1n) is 24.0. The summed E-state index contributed by atoms with van der Waals surface area (Å²) in [7, 11) is 2.91. The van der Waals surface area contributed by atoms with E-state index in [1.54, 1.807) is 60.7 Å². The van der Waals surface area contributed by atoms with Crippen LogP contribution in [0.15, 0.2) is 72.8 Å². The van der Waals surface area contributed by atoms with Crippen LogP contribution in [0.2, 0.25) is 0 Å². The van der Waals surface area contributed by atoms with Gasteiger partial charge in [-0.25, -0.2) is 0 Å². The largest absolute Gasteiger partial charge is 0.303 e. The summed E-state index contributed by atoms with van der Waals surface area (Å²) in [6, 6.07) is 20.7. The van der Waals surface area contributed by atoms with E-state index in [1.807, 2.05) is 67.5 Å². The van der Waals surface area contributed by atoms with Crippen molar-refractivity contribution in [3.63, 3.8) is 0 Å². The number of hydrogen-bond donors (Lipinski definition) is 0. The molecule has 4 aromatic carbocycles. The van der Waals surface area contributed by atoms with Crippen molar-refractivity contribution in [3.8, 4) is 0 Å². The third kappa shape index (κ3) is 11.0. The Labute approximate surface area is 396 Å². The molecule has 0 saturated heterocycles. The maximum atomic E-state index is 13.5. The van der Waals surface area contributed by atoms with Crippen molar-refractivity contribution >= 4 is 47.3 Å². The fraction of sp³-hybridized carbons (Fsp3) is 0.407. The van der Waals surface area contributed by atoms with Crippen LogP contribution < -0.4 is 0 Å². The number of rotatable bonds is 15. The summed E-state index contributed by atoms with van der Waals surface area (Å²) in [6.45, 7) is 20.6. The Balaban J connectivity index is 0.00000116. The van der Waals surface area contributed by atoms with Crippen molar-refractivity contribution in [1.82, 2.24) is 24.5 Å². The summed E-state index contributed by atoms with van der Waals surface area (Å²) >= 11 is 0. The van der Waals surface area contributed by atoms with Gasteiger partial charge in [0.15, 0.2) is 0 Å². The first-order chi connectivity index (χ1) is 32.4. The number of nitrogens with zero attached hydrogens (tertiary/aromatic N) is 5. The van der Waals surface area contributed by atoms with E-state index in [-0.39, 0.29) is 60.3 Å². The highest BCUT2D eigenvalue weighted by molar-refractivity contribution is 6.23. The molecule has 0 N–H and O–H groups in total. The fourth-order valence-electron chi connectivity index (χ4n) is 8.43. The molecular weight excluding hydrogens is 847 g/mol. The number of unbranched alkanes of at least 4 members (excludes halogenated alkanes) is 1. The van der Waals surface area contributed by atoms with Gasteiger partial charge >= 0.3 is 0 Å². The Bertz CT molecular complexity index is 2360. The third-order valence-corrected chi connectivity index (χ3v) is 11.7. The molecule has 0 fully saturated rings. The lowest BCUT2D eigenvalue weighted by Crippen LogP contribution is -2.36. The van der Waals surface area contributed by atoms with Crippen molar-refractivity contribution < 1.29 is 38.4 Å². The molecule has 13 nitrogen and oxygen atoms in total. The summed E-state index contributed by atoms with van der Waals surface area (Å²) in [4.78, 5) is 110. The molecule has 356 valence electrons. The second-order valence-corrected chi connectivity index (χ2v) is 15.6. The highest BCUT2D eigenvalue weighted by Crippen LogP contribution is 2.30. The number of imide groups is 4. The molecule has 4 aromatic rings. The van der Waals surface area contributed by atoms with Gasteiger partial charge in [-0.05, 0) is 123 Å². The van der Waals surface area contributed by atoms with E-state index in [0.29, 0.717) is 83.3 Å². The van der Waals surface area contributed by atoms with Gasteiger partial charge < -0.3 is 4.90 Å². The highest BCUT2D eigenvalue weighted by atomic mass is 16.2. The Kier molecular flexibility index (Phi) is 19.2. The van der Waals surface area contributed by atoms with Gasteiger partial charge in [0.1, 0.15) is 0 Å². The number of carbonyl (C=O) groups excluding carboxylic acids is 8. The molecule has 0 aromatic heterocycles. The molecule has 4 aliphatic heterocycles. The maximum absolute atomic E-state index is 13.5. The number of hydrogen-bond acceptors (Lipinski definition) is 9. The summed E-state index contributed by atoms with van der Waals surface area (Å²) in [5, 5.41) is 0. The summed E-state index contributed by atoms with van der Waals surface area (Å²) < 4.78 is 0. The van der Waals surface area contributed by atoms with Gasteiger partial charge in [-0.2, -0.15) is 0 Å². The molecule has 0 unspecified atom stereocenters. The molecule has 4 aliphatic rings. The van der Waals surface area contributed by atoms with Crippen LogP contribution in [-0.2, 0) is 12.8 Å². The minimum atomic E-state index is -0.345. The SMILES string of the molecule is CC.CC.CC.CC.CCCCN(CCCN1C(=O)c2ccc(Cc3ccc4c(c3)C(=O)N(C)C4=O)cc2C1=O)CCCN1C(=O)c2ccc(Cc3ccc4c(c3)C(=O)N(C)C4=O)cc2C1=O. The average Bonchev–Trinajstić information content (AvgIpc) is 3.92. The smallest absolute Gasteiger partial charge is 0.261 e. The Hall–Kier alpha value is -6.60. The first-order valence-corrected chi connectivity index (χ1v) is 24.0. The normalized spacial score (nSPS) is 14.2. The predicted octanol–water partition coefficient (Wildman–Crippen LogP) is 9.20. The monoisotopic (exact) mass is 913 g/mol.